The first-order valence-electron chi connectivity index (χ1n) is 11.1. The van der Waals surface area contributed by atoms with Gasteiger partial charge in [0.05, 0.1) is 12.6 Å². The molecule has 1 aliphatic heterocycles. The quantitative estimate of drug-likeness (QED) is 0.359. The number of amides is 1. The maximum atomic E-state index is 13.1. The molecule has 1 N–H and O–H groups in total. The van der Waals surface area contributed by atoms with Crippen LogP contribution in [0.2, 0.25) is 5.02 Å². The third kappa shape index (κ3) is 4.61. The van der Waals surface area contributed by atoms with Gasteiger partial charge in [-0.3, -0.25) is 9.78 Å². The maximum absolute atomic E-state index is 13.1. The monoisotopic (exact) mass is 469 g/mol. The molecule has 0 spiro atoms. The van der Waals surface area contributed by atoms with Gasteiger partial charge in [0.2, 0.25) is 0 Å². The highest BCUT2D eigenvalue weighted by atomic mass is 35.5. The maximum Gasteiger partial charge on any atom is 0.254 e. The van der Waals surface area contributed by atoms with E-state index in [0.29, 0.717) is 23.7 Å². The lowest BCUT2D eigenvalue weighted by molar-refractivity contribution is 0.0773. The second-order valence-electron chi connectivity index (χ2n) is 8.18. The van der Waals surface area contributed by atoms with Crippen LogP contribution in [0.3, 0.4) is 0 Å². The number of aromatic nitrogens is 1. The summed E-state index contributed by atoms with van der Waals surface area (Å²) in [6.07, 6.45) is 4.70. The Morgan fingerprint density at radius 2 is 1.91 bits per heavy atom. The summed E-state index contributed by atoms with van der Waals surface area (Å²) in [6, 6.07) is 23.2. The zero-order chi connectivity index (χ0) is 23.5. The Morgan fingerprint density at radius 3 is 2.68 bits per heavy atom. The Labute approximate surface area is 203 Å². The molecule has 0 radical (unpaired) electrons. The highest BCUT2D eigenvalue weighted by Gasteiger charge is 2.19. The van der Waals surface area contributed by atoms with Crippen molar-refractivity contribution >= 4 is 45.4 Å². The number of pyridine rings is 1. The molecule has 0 aliphatic carbocycles. The van der Waals surface area contributed by atoms with Crippen LogP contribution in [-0.4, -0.2) is 36.0 Å². The highest BCUT2D eigenvalue weighted by Crippen LogP contribution is 2.28. The number of hydrogen-bond acceptors (Lipinski definition) is 4. The first kappa shape index (κ1) is 22.0. The van der Waals surface area contributed by atoms with Gasteiger partial charge in [0.25, 0.3) is 5.91 Å². The number of carbonyl (C=O) groups is 1. The Hall–Kier alpha value is -3.83. The van der Waals surface area contributed by atoms with Gasteiger partial charge in [0, 0.05) is 46.6 Å². The minimum atomic E-state index is 0.0384. The molecule has 0 unspecified atom stereocenters. The molecular weight excluding hydrogens is 446 g/mol. The Balaban J connectivity index is 1.27. The Kier molecular flexibility index (Phi) is 6.19. The van der Waals surface area contributed by atoms with Crippen LogP contribution in [0.15, 0.2) is 85.1 Å². The van der Waals surface area contributed by atoms with Crippen molar-refractivity contribution in [3.05, 3.63) is 101 Å². The third-order valence-electron chi connectivity index (χ3n) is 6.05. The molecule has 0 saturated carbocycles. The van der Waals surface area contributed by atoms with E-state index in [1.165, 1.54) is 5.57 Å². The third-order valence-corrected chi connectivity index (χ3v) is 6.29. The molecule has 5 rings (SSSR count). The van der Waals surface area contributed by atoms with Gasteiger partial charge in [-0.15, -0.1) is 0 Å². The molecule has 34 heavy (non-hydrogen) atoms. The molecule has 170 valence electrons. The van der Waals surface area contributed by atoms with E-state index in [1.807, 2.05) is 71.6 Å². The molecular formula is C28H24ClN3O2. The number of fused-ring (bicyclic) bond motifs is 1. The van der Waals surface area contributed by atoms with Crippen molar-refractivity contribution in [1.29, 1.82) is 0 Å². The van der Waals surface area contributed by atoms with Gasteiger partial charge in [-0.25, -0.2) is 0 Å². The zero-order valence-corrected chi connectivity index (χ0v) is 19.5. The fourth-order valence-electron chi connectivity index (χ4n) is 4.20. The minimum absolute atomic E-state index is 0.0384. The molecule has 0 bridgehead atoms. The summed E-state index contributed by atoms with van der Waals surface area (Å²) < 4.78 is 5.33. The lowest BCUT2D eigenvalue weighted by Crippen LogP contribution is -2.34. The van der Waals surface area contributed by atoms with E-state index in [-0.39, 0.29) is 5.91 Å². The first-order chi connectivity index (χ1) is 16.6. The molecule has 5 nitrogen and oxygen atoms in total. The van der Waals surface area contributed by atoms with Crippen LogP contribution in [0, 0.1) is 0 Å². The average Bonchev–Trinajstić information content (AvgIpc) is 2.89. The fourth-order valence-corrected chi connectivity index (χ4v) is 4.37. The van der Waals surface area contributed by atoms with Gasteiger partial charge >= 0.3 is 0 Å². The Bertz CT molecular complexity index is 1380. The van der Waals surface area contributed by atoms with Crippen LogP contribution >= 0.6 is 11.6 Å². The summed E-state index contributed by atoms with van der Waals surface area (Å²) in [5.41, 5.74) is 5.73. The number of rotatable bonds is 5. The predicted octanol–water partition coefficient (Wildman–Crippen LogP) is 6.57. The van der Waals surface area contributed by atoms with Crippen molar-refractivity contribution in [2.75, 3.05) is 25.5 Å². The topological polar surface area (TPSA) is 54.5 Å². The van der Waals surface area contributed by atoms with E-state index in [9.17, 15) is 4.79 Å². The summed E-state index contributed by atoms with van der Waals surface area (Å²) in [6.45, 7) is 1.28. The standard InChI is InChI=1S/C28H24ClN3O2/c1-34-24-4-2-3-21(17-24)19-12-15-32(16-13-19)28(33)20-5-8-23(9-6-20)31-26-11-14-30-27-18-22(29)7-10-25(26)27/h2-12,14,17-18H,13,15-16H2,1H3,(H,30,31). The van der Waals surface area contributed by atoms with Crippen molar-refractivity contribution in [1.82, 2.24) is 9.88 Å². The van der Waals surface area contributed by atoms with Gasteiger partial charge in [-0.2, -0.15) is 0 Å². The summed E-state index contributed by atoms with van der Waals surface area (Å²) in [7, 11) is 1.67. The van der Waals surface area contributed by atoms with Gasteiger partial charge in [0.15, 0.2) is 0 Å². The van der Waals surface area contributed by atoms with E-state index in [4.69, 9.17) is 16.3 Å². The second-order valence-corrected chi connectivity index (χ2v) is 8.62. The van der Waals surface area contributed by atoms with Gasteiger partial charge < -0.3 is 15.0 Å². The molecule has 0 fully saturated rings. The van der Waals surface area contributed by atoms with E-state index < -0.39 is 0 Å². The minimum Gasteiger partial charge on any atom is -0.497 e. The SMILES string of the molecule is COc1cccc(C2=CCN(C(=O)c3ccc(Nc4ccnc5cc(Cl)ccc45)cc3)CC2)c1. The van der Waals surface area contributed by atoms with Crippen LogP contribution in [0.1, 0.15) is 22.3 Å². The molecule has 1 aromatic heterocycles. The van der Waals surface area contributed by atoms with E-state index in [2.05, 4.69) is 22.4 Å². The van der Waals surface area contributed by atoms with Crippen LogP contribution < -0.4 is 10.1 Å². The zero-order valence-electron chi connectivity index (χ0n) is 18.8. The van der Waals surface area contributed by atoms with Crippen molar-refractivity contribution in [2.24, 2.45) is 0 Å². The summed E-state index contributed by atoms with van der Waals surface area (Å²) in [5.74, 6) is 0.880. The molecule has 3 aromatic carbocycles. The lowest BCUT2D eigenvalue weighted by atomic mass is 9.99. The van der Waals surface area contributed by atoms with Crippen molar-refractivity contribution < 1.29 is 9.53 Å². The number of anilines is 2. The summed E-state index contributed by atoms with van der Waals surface area (Å²) in [5, 5.41) is 5.06. The van der Waals surface area contributed by atoms with Crippen LogP contribution in [0.5, 0.6) is 5.75 Å². The lowest BCUT2D eigenvalue weighted by Gasteiger charge is -2.27. The molecule has 4 aromatic rings. The smallest absolute Gasteiger partial charge is 0.254 e. The average molecular weight is 470 g/mol. The largest absolute Gasteiger partial charge is 0.497 e. The summed E-state index contributed by atoms with van der Waals surface area (Å²) in [4.78, 5) is 19.3. The highest BCUT2D eigenvalue weighted by molar-refractivity contribution is 6.31. The van der Waals surface area contributed by atoms with E-state index >= 15 is 0 Å². The first-order valence-corrected chi connectivity index (χ1v) is 11.5. The van der Waals surface area contributed by atoms with Gasteiger partial charge in [-0.1, -0.05) is 29.8 Å². The van der Waals surface area contributed by atoms with Crippen LogP contribution in [-0.2, 0) is 0 Å². The second kappa shape index (κ2) is 9.57. The number of methoxy groups -OCH3 is 1. The molecule has 1 amide bonds. The summed E-state index contributed by atoms with van der Waals surface area (Å²) >= 11 is 6.09. The number of halogens is 1. The van der Waals surface area contributed by atoms with Crippen molar-refractivity contribution in [3.8, 4) is 5.75 Å². The number of hydrogen-bond donors (Lipinski definition) is 1. The van der Waals surface area contributed by atoms with E-state index in [0.717, 1.165) is 40.0 Å². The van der Waals surface area contributed by atoms with Crippen molar-refractivity contribution in [2.45, 2.75) is 6.42 Å². The van der Waals surface area contributed by atoms with E-state index in [1.54, 1.807) is 13.3 Å². The number of ether oxygens (including phenoxy) is 1. The molecule has 2 heterocycles. The fraction of sp³-hybridized carbons (Fsp3) is 0.143. The molecule has 0 saturated heterocycles. The van der Waals surface area contributed by atoms with Crippen LogP contribution in [0.25, 0.3) is 16.5 Å². The molecule has 0 atom stereocenters. The number of nitrogens with zero attached hydrogens (tertiary/aromatic N) is 2. The number of nitrogens with one attached hydrogen (secondary N) is 1. The normalized spacial score (nSPS) is 13.5. The van der Waals surface area contributed by atoms with Gasteiger partial charge in [0.1, 0.15) is 5.75 Å². The predicted molar refractivity (Wildman–Crippen MR) is 138 cm³/mol. The Morgan fingerprint density at radius 1 is 1.06 bits per heavy atom. The molecule has 1 aliphatic rings. The number of benzene rings is 3. The van der Waals surface area contributed by atoms with Crippen LogP contribution in [0.4, 0.5) is 11.4 Å². The van der Waals surface area contributed by atoms with Gasteiger partial charge in [-0.05, 0) is 78.2 Å². The number of carbonyl (C=O) groups excluding carboxylic acids is 1. The van der Waals surface area contributed by atoms with Crippen molar-refractivity contribution in [3.63, 3.8) is 0 Å². The molecule has 6 heteroatoms.